The first-order valence-corrected chi connectivity index (χ1v) is 6.55. The fourth-order valence-corrected chi connectivity index (χ4v) is 2.30. The molecule has 0 aromatic heterocycles. The molecule has 0 radical (unpaired) electrons. The van der Waals surface area contributed by atoms with Gasteiger partial charge in [0.05, 0.1) is 13.2 Å². The van der Waals surface area contributed by atoms with Crippen molar-refractivity contribution in [2.75, 3.05) is 32.8 Å². The minimum Gasteiger partial charge on any atom is -0.379 e. The van der Waals surface area contributed by atoms with E-state index in [9.17, 15) is 4.79 Å². The Bertz CT molecular complexity index is 286. The molecule has 0 spiro atoms. The van der Waals surface area contributed by atoms with Crippen molar-refractivity contribution in [3.63, 3.8) is 0 Å². The van der Waals surface area contributed by atoms with Crippen LogP contribution in [0.1, 0.15) is 33.6 Å². The fraction of sp³-hybridized carbons (Fsp3) is 0.923. The molecule has 0 bridgehead atoms. The van der Waals surface area contributed by atoms with E-state index in [-0.39, 0.29) is 16.9 Å². The molecule has 1 N–H and O–H groups in total. The van der Waals surface area contributed by atoms with E-state index < -0.39 is 0 Å². The minimum atomic E-state index is -0.291. The van der Waals surface area contributed by atoms with E-state index in [1.54, 1.807) is 0 Å². The monoisotopic (exact) mass is 240 g/mol. The number of nitrogens with zero attached hydrogens (tertiary/aromatic N) is 1. The van der Waals surface area contributed by atoms with Gasteiger partial charge in [0.15, 0.2) is 0 Å². The van der Waals surface area contributed by atoms with E-state index >= 15 is 0 Å². The average Bonchev–Trinajstić information content (AvgIpc) is 3.07. The van der Waals surface area contributed by atoms with Crippen LogP contribution in [0.4, 0.5) is 0 Å². The number of carbonyl (C=O) groups is 1. The molecule has 0 atom stereocenters. The highest BCUT2D eigenvalue weighted by molar-refractivity contribution is 5.81. The van der Waals surface area contributed by atoms with Gasteiger partial charge in [-0.05, 0) is 12.8 Å². The van der Waals surface area contributed by atoms with Gasteiger partial charge in [0.2, 0.25) is 5.91 Å². The lowest BCUT2D eigenvalue weighted by atomic mass is 9.95. The molecule has 2 fully saturated rings. The number of rotatable bonds is 3. The topological polar surface area (TPSA) is 41.6 Å². The van der Waals surface area contributed by atoms with Crippen LogP contribution in [0.25, 0.3) is 0 Å². The summed E-state index contributed by atoms with van der Waals surface area (Å²) >= 11 is 0. The Labute approximate surface area is 104 Å². The SMILES string of the molecule is CC(C)(C)C(=O)NCC1(N2CCOCC2)CC1. The number of carbonyl (C=O) groups excluding carboxylic acids is 1. The van der Waals surface area contributed by atoms with Crippen LogP contribution in [0, 0.1) is 5.41 Å². The lowest BCUT2D eigenvalue weighted by molar-refractivity contribution is -0.129. The number of hydrogen-bond acceptors (Lipinski definition) is 3. The van der Waals surface area contributed by atoms with Gasteiger partial charge in [-0.2, -0.15) is 0 Å². The average molecular weight is 240 g/mol. The maximum absolute atomic E-state index is 11.9. The molecular weight excluding hydrogens is 216 g/mol. The molecule has 0 aromatic rings. The zero-order valence-electron chi connectivity index (χ0n) is 11.2. The second kappa shape index (κ2) is 4.58. The summed E-state index contributed by atoms with van der Waals surface area (Å²) in [4.78, 5) is 14.4. The molecule has 1 heterocycles. The summed E-state index contributed by atoms with van der Waals surface area (Å²) in [6, 6.07) is 0. The molecule has 0 unspecified atom stereocenters. The van der Waals surface area contributed by atoms with E-state index in [4.69, 9.17) is 4.74 Å². The molecule has 1 saturated carbocycles. The summed E-state index contributed by atoms with van der Waals surface area (Å²) in [5.74, 6) is 0.150. The fourth-order valence-electron chi connectivity index (χ4n) is 2.30. The van der Waals surface area contributed by atoms with E-state index in [1.165, 1.54) is 12.8 Å². The number of hydrogen-bond donors (Lipinski definition) is 1. The van der Waals surface area contributed by atoms with Crippen LogP contribution in [0.3, 0.4) is 0 Å². The molecule has 1 amide bonds. The van der Waals surface area contributed by atoms with Gasteiger partial charge in [0.1, 0.15) is 0 Å². The Morgan fingerprint density at radius 3 is 2.35 bits per heavy atom. The van der Waals surface area contributed by atoms with Crippen molar-refractivity contribution in [1.29, 1.82) is 0 Å². The molecule has 4 heteroatoms. The Balaban J connectivity index is 1.84. The second-order valence-corrected chi connectivity index (χ2v) is 6.26. The number of amides is 1. The predicted molar refractivity (Wildman–Crippen MR) is 66.8 cm³/mol. The van der Waals surface area contributed by atoms with E-state index in [0.717, 1.165) is 32.8 Å². The van der Waals surface area contributed by atoms with Crippen LogP contribution in [-0.4, -0.2) is 49.2 Å². The number of nitrogens with one attached hydrogen (secondary N) is 1. The van der Waals surface area contributed by atoms with Crippen LogP contribution in [0.5, 0.6) is 0 Å². The van der Waals surface area contributed by atoms with E-state index in [0.29, 0.717) is 0 Å². The summed E-state index contributed by atoms with van der Waals surface area (Å²) in [5.41, 5.74) is -0.0498. The molecule has 1 aliphatic carbocycles. The largest absolute Gasteiger partial charge is 0.379 e. The number of ether oxygens (including phenoxy) is 1. The third-order valence-corrected chi connectivity index (χ3v) is 3.77. The van der Waals surface area contributed by atoms with Crippen LogP contribution in [-0.2, 0) is 9.53 Å². The smallest absolute Gasteiger partial charge is 0.225 e. The third kappa shape index (κ3) is 2.99. The maximum atomic E-state index is 11.9. The van der Waals surface area contributed by atoms with Gasteiger partial charge in [-0.15, -0.1) is 0 Å². The van der Waals surface area contributed by atoms with Gasteiger partial charge in [-0.1, -0.05) is 20.8 Å². The third-order valence-electron chi connectivity index (χ3n) is 3.77. The Kier molecular flexibility index (Phi) is 3.46. The molecule has 1 aliphatic heterocycles. The van der Waals surface area contributed by atoms with Gasteiger partial charge in [0.25, 0.3) is 0 Å². The first kappa shape index (κ1) is 12.8. The summed E-state index contributed by atoms with van der Waals surface area (Å²) < 4.78 is 5.37. The molecule has 98 valence electrons. The lowest BCUT2D eigenvalue weighted by Crippen LogP contribution is -2.51. The van der Waals surface area contributed by atoms with E-state index in [1.807, 2.05) is 20.8 Å². The summed E-state index contributed by atoms with van der Waals surface area (Å²) in [5, 5.41) is 3.10. The van der Waals surface area contributed by atoms with Crippen LogP contribution in [0.15, 0.2) is 0 Å². The normalized spacial score (nSPS) is 24.4. The van der Waals surface area contributed by atoms with Crippen LogP contribution < -0.4 is 5.32 Å². The number of morpholine rings is 1. The zero-order chi connectivity index (χ0) is 12.5. The first-order chi connectivity index (χ1) is 7.94. The Hall–Kier alpha value is -0.610. The molecule has 0 aromatic carbocycles. The van der Waals surface area contributed by atoms with Gasteiger partial charge in [-0.25, -0.2) is 0 Å². The second-order valence-electron chi connectivity index (χ2n) is 6.26. The van der Waals surface area contributed by atoms with Gasteiger partial charge >= 0.3 is 0 Å². The highest BCUT2D eigenvalue weighted by Crippen LogP contribution is 2.41. The standard InChI is InChI=1S/C13H24N2O2/c1-12(2,3)11(16)14-10-13(4-5-13)15-6-8-17-9-7-15/h4-10H2,1-3H3,(H,14,16). The van der Waals surface area contributed by atoms with Crippen LogP contribution >= 0.6 is 0 Å². The highest BCUT2D eigenvalue weighted by atomic mass is 16.5. The highest BCUT2D eigenvalue weighted by Gasteiger charge is 2.48. The van der Waals surface area contributed by atoms with Crippen molar-refractivity contribution in [1.82, 2.24) is 10.2 Å². The summed E-state index contributed by atoms with van der Waals surface area (Å²) in [6.07, 6.45) is 2.41. The molecule has 1 saturated heterocycles. The Morgan fingerprint density at radius 1 is 1.29 bits per heavy atom. The quantitative estimate of drug-likeness (QED) is 0.800. The van der Waals surface area contributed by atoms with Crippen LogP contribution in [0.2, 0.25) is 0 Å². The zero-order valence-corrected chi connectivity index (χ0v) is 11.2. The van der Waals surface area contributed by atoms with Gasteiger partial charge < -0.3 is 10.1 Å². The van der Waals surface area contributed by atoms with Gasteiger partial charge in [0, 0.05) is 30.6 Å². The van der Waals surface area contributed by atoms with Crippen molar-refractivity contribution in [2.45, 2.75) is 39.2 Å². The van der Waals surface area contributed by atoms with Crippen molar-refractivity contribution in [3.8, 4) is 0 Å². The molecule has 2 rings (SSSR count). The first-order valence-electron chi connectivity index (χ1n) is 6.55. The summed E-state index contributed by atoms with van der Waals surface area (Å²) in [7, 11) is 0. The van der Waals surface area contributed by atoms with Crippen molar-refractivity contribution in [2.24, 2.45) is 5.41 Å². The molecule has 4 nitrogen and oxygen atoms in total. The Morgan fingerprint density at radius 2 is 1.88 bits per heavy atom. The molecular formula is C13H24N2O2. The maximum Gasteiger partial charge on any atom is 0.225 e. The van der Waals surface area contributed by atoms with E-state index in [2.05, 4.69) is 10.2 Å². The molecule has 2 aliphatic rings. The van der Waals surface area contributed by atoms with Crippen molar-refractivity contribution >= 4 is 5.91 Å². The van der Waals surface area contributed by atoms with Gasteiger partial charge in [-0.3, -0.25) is 9.69 Å². The summed E-state index contributed by atoms with van der Waals surface area (Å²) in [6.45, 7) is 10.3. The van der Waals surface area contributed by atoms with Crippen molar-refractivity contribution < 1.29 is 9.53 Å². The molecule has 17 heavy (non-hydrogen) atoms. The van der Waals surface area contributed by atoms with Crippen molar-refractivity contribution in [3.05, 3.63) is 0 Å². The predicted octanol–water partition coefficient (Wildman–Crippen LogP) is 1.01. The lowest BCUT2D eigenvalue weighted by Gasteiger charge is -2.35. The minimum absolute atomic E-state index is 0.150.